The topological polar surface area (TPSA) is 66.5 Å². The van der Waals surface area contributed by atoms with Gasteiger partial charge in [0.1, 0.15) is 0 Å². The highest BCUT2D eigenvalue weighted by Crippen LogP contribution is 2.34. The number of benzene rings is 2. The van der Waals surface area contributed by atoms with Gasteiger partial charge in [-0.15, -0.1) is 0 Å². The summed E-state index contributed by atoms with van der Waals surface area (Å²) in [7, 11) is -3.56. The molecule has 2 aromatic rings. The molecular weight excluding hydrogens is 408 g/mol. The molecule has 168 valence electrons. The van der Waals surface area contributed by atoms with Crippen molar-refractivity contribution in [3.63, 3.8) is 0 Å². The molecule has 0 aliphatic carbocycles. The SMILES string of the molecule is Cc1ccc(CNC(=O)C2(C)CCN(S(=O)(=O)c3ccc(C(C)(C)C)cc3)CC2)cc1. The first-order valence-electron chi connectivity index (χ1n) is 10.9. The lowest BCUT2D eigenvalue weighted by Crippen LogP contribution is -2.48. The molecule has 0 radical (unpaired) electrons. The minimum atomic E-state index is -3.56. The summed E-state index contributed by atoms with van der Waals surface area (Å²) < 4.78 is 27.7. The van der Waals surface area contributed by atoms with Gasteiger partial charge >= 0.3 is 0 Å². The Bertz CT molecular complexity index is 1010. The molecule has 0 atom stereocenters. The Balaban J connectivity index is 1.61. The maximum Gasteiger partial charge on any atom is 0.243 e. The number of hydrogen-bond acceptors (Lipinski definition) is 3. The van der Waals surface area contributed by atoms with Gasteiger partial charge in [-0.2, -0.15) is 4.31 Å². The molecule has 6 heteroatoms. The summed E-state index contributed by atoms with van der Waals surface area (Å²) in [6.07, 6.45) is 1.01. The summed E-state index contributed by atoms with van der Waals surface area (Å²) in [5.41, 5.74) is 2.75. The van der Waals surface area contributed by atoms with Crippen molar-refractivity contribution in [3.05, 3.63) is 65.2 Å². The third-order valence-corrected chi connectivity index (χ3v) is 8.22. The Kier molecular flexibility index (Phi) is 6.63. The van der Waals surface area contributed by atoms with Crippen LogP contribution in [0.4, 0.5) is 0 Å². The van der Waals surface area contributed by atoms with Gasteiger partial charge in [0, 0.05) is 25.0 Å². The van der Waals surface area contributed by atoms with Crippen LogP contribution in [0.5, 0.6) is 0 Å². The first-order valence-corrected chi connectivity index (χ1v) is 12.3. The molecule has 1 saturated heterocycles. The maximum absolute atomic E-state index is 13.1. The number of aryl methyl sites for hydroxylation is 1. The number of nitrogens with zero attached hydrogens (tertiary/aromatic N) is 1. The number of rotatable bonds is 5. The molecule has 2 aromatic carbocycles. The zero-order chi connectivity index (χ0) is 22.9. The van der Waals surface area contributed by atoms with Crippen molar-refractivity contribution < 1.29 is 13.2 Å². The van der Waals surface area contributed by atoms with Crippen LogP contribution in [-0.4, -0.2) is 31.7 Å². The zero-order valence-electron chi connectivity index (χ0n) is 19.2. The minimum Gasteiger partial charge on any atom is -0.352 e. The molecule has 1 N–H and O–H groups in total. The van der Waals surface area contributed by atoms with Crippen LogP contribution < -0.4 is 5.32 Å². The summed E-state index contributed by atoms with van der Waals surface area (Å²) in [6.45, 7) is 11.4. The molecule has 31 heavy (non-hydrogen) atoms. The number of nitrogens with one attached hydrogen (secondary N) is 1. The van der Waals surface area contributed by atoms with Crippen LogP contribution in [0.2, 0.25) is 0 Å². The molecule has 1 fully saturated rings. The second kappa shape index (κ2) is 8.75. The van der Waals surface area contributed by atoms with Gasteiger partial charge in [-0.1, -0.05) is 69.7 Å². The smallest absolute Gasteiger partial charge is 0.243 e. The van der Waals surface area contributed by atoms with E-state index in [1.165, 1.54) is 9.87 Å². The summed E-state index contributed by atoms with van der Waals surface area (Å²) in [5.74, 6) is -0.0142. The number of hydrogen-bond donors (Lipinski definition) is 1. The highest BCUT2D eigenvalue weighted by molar-refractivity contribution is 7.89. The lowest BCUT2D eigenvalue weighted by Gasteiger charge is -2.37. The molecule has 5 nitrogen and oxygen atoms in total. The molecule has 3 rings (SSSR count). The van der Waals surface area contributed by atoms with Gasteiger partial charge in [-0.25, -0.2) is 8.42 Å². The minimum absolute atomic E-state index is 0.0142. The quantitative estimate of drug-likeness (QED) is 0.746. The average Bonchev–Trinajstić information content (AvgIpc) is 2.73. The lowest BCUT2D eigenvalue weighted by molar-refractivity contribution is -0.132. The first kappa shape index (κ1) is 23.5. The van der Waals surface area contributed by atoms with E-state index in [1.54, 1.807) is 12.1 Å². The molecular formula is C25H34N2O3S. The van der Waals surface area contributed by atoms with Crippen LogP contribution >= 0.6 is 0 Å². The summed E-state index contributed by atoms with van der Waals surface area (Å²) in [6, 6.07) is 15.2. The Labute approximate surface area is 186 Å². The number of amides is 1. The zero-order valence-corrected chi connectivity index (χ0v) is 20.1. The highest BCUT2D eigenvalue weighted by Gasteiger charge is 2.40. The van der Waals surface area contributed by atoms with Crippen molar-refractivity contribution in [1.82, 2.24) is 9.62 Å². The molecule has 1 heterocycles. The number of carbonyl (C=O) groups excluding carboxylic acids is 1. The molecule has 1 amide bonds. The first-order chi connectivity index (χ1) is 14.4. The molecule has 0 bridgehead atoms. The molecule has 1 aliphatic rings. The van der Waals surface area contributed by atoms with E-state index in [9.17, 15) is 13.2 Å². The van der Waals surface area contributed by atoms with Gasteiger partial charge in [0.15, 0.2) is 0 Å². The Hall–Kier alpha value is -2.18. The van der Waals surface area contributed by atoms with Gasteiger partial charge in [0.2, 0.25) is 15.9 Å². The van der Waals surface area contributed by atoms with Crippen molar-refractivity contribution in [2.24, 2.45) is 5.41 Å². The third-order valence-electron chi connectivity index (χ3n) is 6.31. The van der Waals surface area contributed by atoms with Crippen molar-refractivity contribution >= 4 is 15.9 Å². The molecule has 0 unspecified atom stereocenters. The standard InChI is InChI=1S/C25H34N2O3S/c1-19-6-8-20(9-7-19)18-26-23(28)25(5)14-16-27(17-15-25)31(29,30)22-12-10-21(11-13-22)24(2,3)4/h6-13H,14-18H2,1-5H3,(H,26,28). The van der Waals surface area contributed by atoms with Crippen LogP contribution in [0.25, 0.3) is 0 Å². The molecule has 0 aromatic heterocycles. The Morgan fingerprint density at radius 3 is 2.06 bits per heavy atom. The molecule has 1 aliphatic heterocycles. The second-order valence-electron chi connectivity index (χ2n) is 9.91. The normalized spacial score (nSPS) is 17.3. The van der Waals surface area contributed by atoms with Crippen molar-refractivity contribution in [2.45, 2.75) is 64.3 Å². The summed E-state index contributed by atoms with van der Waals surface area (Å²) >= 11 is 0. The predicted molar refractivity (Wildman–Crippen MR) is 124 cm³/mol. The monoisotopic (exact) mass is 442 g/mol. The van der Waals surface area contributed by atoms with E-state index < -0.39 is 15.4 Å². The van der Waals surface area contributed by atoms with Crippen LogP contribution in [0.3, 0.4) is 0 Å². The fourth-order valence-corrected chi connectivity index (χ4v) is 5.27. The Morgan fingerprint density at radius 1 is 1.00 bits per heavy atom. The van der Waals surface area contributed by atoms with Crippen molar-refractivity contribution in [3.8, 4) is 0 Å². The number of sulfonamides is 1. The van der Waals surface area contributed by atoms with Crippen LogP contribution in [0.15, 0.2) is 53.4 Å². The average molecular weight is 443 g/mol. The molecule has 0 saturated carbocycles. The van der Waals surface area contributed by atoms with Gasteiger partial charge in [0.05, 0.1) is 4.90 Å². The van der Waals surface area contributed by atoms with Crippen LogP contribution in [0, 0.1) is 12.3 Å². The third kappa shape index (κ3) is 5.36. The fraction of sp³-hybridized carbons (Fsp3) is 0.480. The second-order valence-corrected chi connectivity index (χ2v) is 11.8. The van der Waals surface area contributed by atoms with Gasteiger partial charge < -0.3 is 5.32 Å². The number of piperidine rings is 1. The van der Waals surface area contributed by atoms with E-state index in [2.05, 4.69) is 26.1 Å². The van der Waals surface area contributed by atoms with Gasteiger partial charge in [-0.05, 0) is 48.4 Å². The largest absolute Gasteiger partial charge is 0.352 e. The lowest BCUT2D eigenvalue weighted by atomic mass is 9.80. The predicted octanol–water partition coefficient (Wildman–Crippen LogP) is 4.40. The number of carbonyl (C=O) groups is 1. The summed E-state index contributed by atoms with van der Waals surface area (Å²) in [5, 5.41) is 3.03. The van der Waals surface area contributed by atoms with E-state index in [-0.39, 0.29) is 11.3 Å². The fourth-order valence-electron chi connectivity index (χ4n) is 3.82. The van der Waals surface area contributed by atoms with Crippen molar-refractivity contribution in [1.29, 1.82) is 0 Å². The van der Waals surface area contributed by atoms with E-state index in [0.717, 1.165) is 11.1 Å². The van der Waals surface area contributed by atoms with Crippen LogP contribution in [0.1, 0.15) is 57.2 Å². The van der Waals surface area contributed by atoms with Gasteiger partial charge in [-0.3, -0.25) is 4.79 Å². The van der Waals surface area contributed by atoms with E-state index in [4.69, 9.17) is 0 Å². The van der Waals surface area contributed by atoms with E-state index >= 15 is 0 Å². The van der Waals surface area contributed by atoms with E-state index in [1.807, 2.05) is 50.2 Å². The van der Waals surface area contributed by atoms with Gasteiger partial charge in [0.25, 0.3) is 0 Å². The highest BCUT2D eigenvalue weighted by atomic mass is 32.2. The van der Waals surface area contributed by atoms with Crippen molar-refractivity contribution in [2.75, 3.05) is 13.1 Å². The molecule has 0 spiro atoms. The summed E-state index contributed by atoms with van der Waals surface area (Å²) in [4.78, 5) is 13.2. The maximum atomic E-state index is 13.1. The van der Waals surface area contributed by atoms with Crippen LogP contribution in [-0.2, 0) is 26.8 Å². The Morgan fingerprint density at radius 2 is 1.55 bits per heavy atom. The van der Waals surface area contributed by atoms with E-state index in [0.29, 0.717) is 37.4 Å².